The van der Waals surface area contributed by atoms with Gasteiger partial charge in [0.25, 0.3) is 5.91 Å². The van der Waals surface area contributed by atoms with Crippen molar-refractivity contribution in [3.8, 4) is 5.75 Å². The molecule has 2 amide bonds. The van der Waals surface area contributed by atoms with E-state index in [0.29, 0.717) is 19.0 Å². The van der Waals surface area contributed by atoms with Gasteiger partial charge < -0.3 is 9.47 Å². The maximum absolute atomic E-state index is 11.7. The molecule has 1 aromatic rings. The van der Waals surface area contributed by atoms with Gasteiger partial charge in [0.15, 0.2) is 6.61 Å². The molecule has 0 saturated heterocycles. The van der Waals surface area contributed by atoms with Gasteiger partial charge in [0.2, 0.25) is 5.91 Å². The summed E-state index contributed by atoms with van der Waals surface area (Å²) in [6, 6.07) is 7.60. The van der Waals surface area contributed by atoms with Gasteiger partial charge in [-0.15, -0.1) is 0 Å². The van der Waals surface area contributed by atoms with Gasteiger partial charge in [-0.2, -0.15) is 0 Å². The molecular formula is C17H26N2O4. The van der Waals surface area contributed by atoms with E-state index in [-0.39, 0.29) is 24.3 Å². The second-order valence-electron chi connectivity index (χ2n) is 6.08. The number of carbonyl (C=O) groups excluding carboxylic acids is 2. The lowest BCUT2D eigenvalue weighted by molar-refractivity contribution is -0.130. The highest BCUT2D eigenvalue weighted by molar-refractivity contribution is 5.82. The number of hydrazine groups is 1. The molecule has 128 valence electrons. The molecule has 0 aliphatic heterocycles. The molecule has 0 bridgehead atoms. The van der Waals surface area contributed by atoms with E-state index in [2.05, 4.69) is 31.6 Å². The molecule has 0 radical (unpaired) electrons. The lowest BCUT2D eigenvalue weighted by Crippen LogP contribution is -2.44. The van der Waals surface area contributed by atoms with E-state index in [1.807, 2.05) is 31.2 Å². The van der Waals surface area contributed by atoms with Crippen molar-refractivity contribution in [2.45, 2.75) is 39.5 Å². The Morgan fingerprint density at radius 2 is 1.74 bits per heavy atom. The van der Waals surface area contributed by atoms with Gasteiger partial charge in [0, 0.05) is 6.61 Å². The monoisotopic (exact) mass is 322 g/mol. The Labute approximate surface area is 137 Å². The van der Waals surface area contributed by atoms with Crippen LogP contribution >= 0.6 is 0 Å². The van der Waals surface area contributed by atoms with Gasteiger partial charge >= 0.3 is 0 Å². The number of rotatable bonds is 7. The molecule has 0 aromatic heterocycles. The van der Waals surface area contributed by atoms with Crippen LogP contribution in [0.15, 0.2) is 24.3 Å². The van der Waals surface area contributed by atoms with Crippen LogP contribution in [0.2, 0.25) is 0 Å². The van der Waals surface area contributed by atoms with Crippen LogP contribution in [0.4, 0.5) is 0 Å². The summed E-state index contributed by atoms with van der Waals surface area (Å²) in [4.78, 5) is 23.2. The molecule has 23 heavy (non-hydrogen) atoms. The Hall–Kier alpha value is -2.08. The van der Waals surface area contributed by atoms with Crippen LogP contribution in [0.5, 0.6) is 5.75 Å². The van der Waals surface area contributed by atoms with Crippen molar-refractivity contribution in [2.75, 3.05) is 19.8 Å². The minimum absolute atomic E-state index is 0.0828. The number of hydrogen-bond acceptors (Lipinski definition) is 4. The van der Waals surface area contributed by atoms with Gasteiger partial charge in [0.1, 0.15) is 5.75 Å². The van der Waals surface area contributed by atoms with Crippen molar-refractivity contribution in [3.63, 3.8) is 0 Å². The number of hydrogen-bond donors (Lipinski definition) is 2. The molecule has 0 aliphatic rings. The molecule has 0 saturated carbocycles. The highest BCUT2D eigenvalue weighted by Gasteiger charge is 2.18. The third kappa shape index (κ3) is 7.15. The topological polar surface area (TPSA) is 76.7 Å². The van der Waals surface area contributed by atoms with Crippen LogP contribution in [0.25, 0.3) is 0 Å². The van der Waals surface area contributed by atoms with Crippen LogP contribution in [0.3, 0.4) is 0 Å². The molecule has 0 atom stereocenters. The summed E-state index contributed by atoms with van der Waals surface area (Å²) in [6.07, 6.45) is 0.196. The summed E-state index contributed by atoms with van der Waals surface area (Å²) in [5, 5.41) is 0. The fraction of sp³-hybridized carbons (Fsp3) is 0.529. The fourth-order valence-corrected chi connectivity index (χ4v) is 1.90. The Balaban J connectivity index is 2.41. The lowest BCUT2D eigenvalue weighted by Gasteiger charge is -2.22. The fourth-order valence-electron chi connectivity index (χ4n) is 1.90. The van der Waals surface area contributed by atoms with Crippen molar-refractivity contribution in [1.82, 2.24) is 10.9 Å². The van der Waals surface area contributed by atoms with Crippen LogP contribution < -0.4 is 15.6 Å². The number of para-hydroxylation sites is 1. The second-order valence-corrected chi connectivity index (χ2v) is 6.08. The highest BCUT2D eigenvalue weighted by atomic mass is 16.5. The zero-order valence-corrected chi connectivity index (χ0v) is 14.3. The van der Waals surface area contributed by atoms with E-state index in [9.17, 15) is 9.59 Å². The zero-order chi connectivity index (χ0) is 17.3. The SMILES string of the molecule is CCOCCC(=O)NNC(=O)COc1ccccc1C(C)(C)C. The Morgan fingerprint density at radius 3 is 2.39 bits per heavy atom. The standard InChI is InChI=1S/C17H26N2O4/c1-5-22-11-10-15(20)18-19-16(21)12-23-14-9-7-6-8-13(14)17(2,3)4/h6-9H,5,10-12H2,1-4H3,(H,18,20)(H,19,21). The van der Waals surface area contributed by atoms with Gasteiger partial charge in [-0.1, -0.05) is 39.0 Å². The average Bonchev–Trinajstić information content (AvgIpc) is 2.50. The maximum Gasteiger partial charge on any atom is 0.276 e. The maximum atomic E-state index is 11.7. The third-order valence-corrected chi connectivity index (χ3v) is 3.07. The molecule has 0 spiro atoms. The summed E-state index contributed by atoms with van der Waals surface area (Å²) in [7, 11) is 0. The normalized spacial score (nSPS) is 11.0. The largest absolute Gasteiger partial charge is 0.483 e. The van der Waals surface area contributed by atoms with E-state index in [1.54, 1.807) is 0 Å². The highest BCUT2D eigenvalue weighted by Crippen LogP contribution is 2.30. The Morgan fingerprint density at radius 1 is 1.09 bits per heavy atom. The summed E-state index contributed by atoms with van der Waals surface area (Å²) in [5.41, 5.74) is 5.58. The minimum atomic E-state index is -0.418. The number of nitrogens with one attached hydrogen (secondary N) is 2. The number of benzene rings is 1. The summed E-state index contributed by atoms with van der Waals surface area (Å²) >= 11 is 0. The van der Waals surface area contributed by atoms with Crippen molar-refractivity contribution >= 4 is 11.8 Å². The van der Waals surface area contributed by atoms with Gasteiger partial charge in [-0.3, -0.25) is 20.4 Å². The molecular weight excluding hydrogens is 296 g/mol. The quantitative estimate of drug-likeness (QED) is 0.594. The number of carbonyl (C=O) groups is 2. The van der Waals surface area contributed by atoms with Crippen molar-refractivity contribution < 1.29 is 19.1 Å². The van der Waals surface area contributed by atoms with Crippen LogP contribution in [-0.2, 0) is 19.7 Å². The lowest BCUT2D eigenvalue weighted by atomic mass is 9.86. The summed E-state index contributed by atoms with van der Waals surface area (Å²) < 4.78 is 10.6. The van der Waals surface area contributed by atoms with Gasteiger partial charge in [0.05, 0.1) is 13.0 Å². The molecule has 0 aliphatic carbocycles. The first-order valence-electron chi connectivity index (χ1n) is 7.72. The summed E-state index contributed by atoms with van der Waals surface area (Å²) in [6.45, 7) is 8.80. The van der Waals surface area contributed by atoms with Gasteiger partial charge in [-0.05, 0) is 24.0 Å². The Kier molecular flexibility index (Phi) is 7.54. The predicted octanol–water partition coefficient (Wildman–Crippen LogP) is 1.94. The summed E-state index contributed by atoms with van der Waals surface area (Å²) in [5.74, 6) is -0.0572. The van der Waals surface area contributed by atoms with Crippen LogP contribution in [-0.4, -0.2) is 31.6 Å². The van der Waals surface area contributed by atoms with Crippen molar-refractivity contribution in [1.29, 1.82) is 0 Å². The minimum Gasteiger partial charge on any atom is -0.483 e. The second kappa shape index (κ2) is 9.15. The molecule has 2 N–H and O–H groups in total. The van der Waals surface area contributed by atoms with Crippen molar-refractivity contribution in [2.24, 2.45) is 0 Å². The van der Waals surface area contributed by atoms with E-state index in [1.165, 1.54) is 0 Å². The first kappa shape index (κ1) is 19.0. The van der Waals surface area contributed by atoms with Gasteiger partial charge in [-0.25, -0.2) is 0 Å². The predicted molar refractivity (Wildman–Crippen MR) is 88.0 cm³/mol. The smallest absolute Gasteiger partial charge is 0.276 e. The Bertz CT molecular complexity index is 524. The number of amides is 2. The van der Waals surface area contributed by atoms with E-state index in [4.69, 9.17) is 9.47 Å². The first-order chi connectivity index (χ1) is 10.8. The average molecular weight is 322 g/mol. The molecule has 6 heteroatoms. The zero-order valence-electron chi connectivity index (χ0n) is 14.3. The molecule has 0 fully saturated rings. The van der Waals surface area contributed by atoms with E-state index in [0.717, 1.165) is 5.56 Å². The first-order valence-corrected chi connectivity index (χ1v) is 7.72. The molecule has 1 rings (SSSR count). The molecule has 6 nitrogen and oxygen atoms in total. The molecule has 0 heterocycles. The van der Waals surface area contributed by atoms with Crippen LogP contribution in [0, 0.1) is 0 Å². The number of ether oxygens (including phenoxy) is 2. The third-order valence-electron chi connectivity index (χ3n) is 3.07. The van der Waals surface area contributed by atoms with Crippen molar-refractivity contribution in [3.05, 3.63) is 29.8 Å². The molecule has 1 aromatic carbocycles. The van der Waals surface area contributed by atoms with Crippen LogP contribution in [0.1, 0.15) is 39.7 Å². The van der Waals surface area contributed by atoms with E-state index < -0.39 is 5.91 Å². The molecule has 0 unspecified atom stereocenters. The van der Waals surface area contributed by atoms with E-state index >= 15 is 0 Å².